The molecule has 0 radical (unpaired) electrons. The number of ether oxygens (including phenoxy) is 1. The molecule has 1 N–H and O–H groups in total. The van der Waals surface area contributed by atoms with Gasteiger partial charge in [0.05, 0.1) is 13.2 Å². The molecule has 3 unspecified atom stereocenters. The third-order valence-corrected chi connectivity index (χ3v) is 7.84. The molecule has 2 amide bonds. The first kappa shape index (κ1) is 20.8. The number of morpholine rings is 1. The zero-order valence-corrected chi connectivity index (χ0v) is 19.1. The van der Waals surface area contributed by atoms with Gasteiger partial charge in [-0.15, -0.1) is 0 Å². The van der Waals surface area contributed by atoms with Crippen molar-refractivity contribution in [2.75, 3.05) is 38.2 Å². The first-order chi connectivity index (χ1) is 16.1. The molecular formula is C25H26N4O3S. The lowest BCUT2D eigenvalue weighted by atomic mass is 9.99. The third kappa shape index (κ3) is 4.03. The Labute approximate surface area is 196 Å². The Morgan fingerprint density at radius 1 is 1.33 bits per heavy atom. The number of carbonyl (C=O) groups excluding carboxylic acids is 2. The van der Waals surface area contributed by atoms with E-state index in [0.717, 1.165) is 37.2 Å². The summed E-state index contributed by atoms with van der Waals surface area (Å²) in [6, 6.07) is 3.92. The summed E-state index contributed by atoms with van der Waals surface area (Å²) in [5, 5.41) is 7.25. The van der Waals surface area contributed by atoms with Crippen LogP contribution in [0.15, 0.2) is 41.2 Å². The average Bonchev–Trinajstić information content (AvgIpc) is 3.54. The minimum atomic E-state index is -0.280. The zero-order chi connectivity index (χ0) is 22.4. The number of hydrogen-bond acceptors (Lipinski definition) is 6. The van der Waals surface area contributed by atoms with Crippen molar-refractivity contribution in [1.82, 2.24) is 14.8 Å². The van der Waals surface area contributed by atoms with E-state index in [1.807, 2.05) is 17.0 Å². The van der Waals surface area contributed by atoms with E-state index < -0.39 is 0 Å². The molecule has 2 saturated heterocycles. The first-order valence-electron chi connectivity index (χ1n) is 11.5. The van der Waals surface area contributed by atoms with Crippen LogP contribution in [0.3, 0.4) is 0 Å². The van der Waals surface area contributed by atoms with Crippen LogP contribution in [0.5, 0.6) is 0 Å². The Kier molecular flexibility index (Phi) is 5.36. The monoisotopic (exact) mass is 462 g/mol. The number of fused-ring (bicyclic) bond motifs is 3. The van der Waals surface area contributed by atoms with Crippen molar-refractivity contribution in [3.8, 4) is 0 Å². The van der Waals surface area contributed by atoms with Crippen molar-refractivity contribution >= 4 is 40.6 Å². The van der Waals surface area contributed by atoms with Gasteiger partial charge in [-0.3, -0.25) is 14.5 Å². The summed E-state index contributed by atoms with van der Waals surface area (Å²) < 4.78 is 5.47. The van der Waals surface area contributed by atoms with Crippen molar-refractivity contribution in [2.45, 2.75) is 19.0 Å². The van der Waals surface area contributed by atoms with E-state index in [1.54, 1.807) is 23.6 Å². The molecule has 7 nitrogen and oxygen atoms in total. The van der Waals surface area contributed by atoms with E-state index in [9.17, 15) is 9.59 Å². The highest BCUT2D eigenvalue weighted by atomic mass is 32.1. The van der Waals surface area contributed by atoms with Crippen LogP contribution in [0.1, 0.15) is 23.1 Å². The molecule has 2 aromatic heterocycles. The van der Waals surface area contributed by atoms with Gasteiger partial charge in [-0.1, -0.05) is 6.08 Å². The molecule has 0 aromatic carbocycles. The number of pyridine rings is 1. The third-order valence-electron chi connectivity index (χ3n) is 7.16. The van der Waals surface area contributed by atoms with Gasteiger partial charge < -0.3 is 15.0 Å². The van der Waals surface area contributed by atoms with Crippen molar-refractivity contribution < 1.29 is 14.3 Å². The zero-order valence-electron chi connectivity index (χ0n) is 18.3. The van der Waals surface area contributed by atoms with E-state index in [2.05, 4.69) is 38.1 Å². The summed E-state index contributed by atoms with van der Waals surface area (Å²) in [6.07, 6.45) is 8.62. The number of rotatable bonds is 3. The summed E-state index contributed by atoms with van der Waals surface area (Å²) >= 11 is 1.73. The van der Waals surface area contributed by atoms with E-state index in [0.29, 0.717) is 37.4 Å². The van der Waals surface area contributed by atoms with Crippen LogP contribution < -0.4 is 5.32 Å². The van der Waals surface area contributed by atoms with Gasteiger partial charge in [-0.25, -0.2) is 4.98 Å². The Hall–Kier alpha value is -2.81. The molecular weight excluding hydrogens is 436 g/mol. The molecule has 33 heavy (non-hydrogen) atoms. The minimum Gasteiger partial charge on any atom is -0.378 e. The van der Waals surface area contributed by atoms with E-state index in [1.165, 1.54) is 11.1 Å². The lowest BCUT2D eigenvalue weighted by molar-refractivity contribution is -0.127. The van der Waals surface area contributed by atoms with Gasteiger partial charge in [0.1, 0.15) is 11.9 Å². The fourth-order valence-corrected chi connectivity index (χ4v) is 6.05. The molecule has 0 bridgehead atoms. The predicted molar refractivity (Wildman–Crippen MR) is 127 cm³/mol. The Morgan fingerprint density at radius 2 is 2.27 bits per heavy atom. The fourth-order valence-electron chi connectivity index (χ4n) is 5.36. The Bertz CT molecular complexity index is 1140. The maximum atomic E-state index is 12.9. The van der Waals surface area contributed by atoms with Crippen molar-refractivity contribution in [2.24, 2.45) is 11.8 Å². The number of hydrogen-bond donors (Lipinski definition) is 1. The summed E-state index contributed by atoms with van der Waals surface area (Å²) in [5.74, 6) is 1.55. The first-order valence-corrected chi connectivity index (χ1v) is 12.4. The standard InChI is InChI=1S/C25H26N4O3S/c30-23(29-11-19-8-18(9-20(19)12-29)17-3-6-33-15-17)2-1-16-7-21-13-28-4-5-32-14-22(28)25(31)27-24(21)26-10-16/h1-3,6-8,10,15,19-20,22H,4-5,9,11-14H2,(H,26,27,31). The lowest BCUT2D eigenvalue weighted by Crippen LogP contribution is -2.49. The number of carbonyl (C=O) groups is 2. The van der Waals surface area contributed by atoms with E-state index in [4.69, 9.17) is 4.74 Å². The quantitative estimate of drug-likeness (QED) is 0.710. The highest BCUT2D eigenvalue weighted by molar-refractivity contribution is 7.08. The van der Waals surface area contributed by atoms with Crippen LogP contribution in [0.4, 0.5) is 5.82 Å². The Morgan fingerprint density at radius 3 is 3.12 bits per heavy atom. The number of likely N-dealkylation sites (tertiary alicyclic amines) is 1. The Balaban J connectivity index is 1.12. The predicted octanol–water partition coefficient (Wildman–Crippen LogP) is 2.87. The van der Waals surface area contributed by atoms with E-state index >= 15 is 0 Å². The molecule has 1 aliphatic carbocycles. The molecule has 3 aliphatic heterocycles. The van der Waals surface area contributed by atoms with Gasteiger partial charge in [0, 0.05) is 44.0 Å². The van der Waals surface area contributed by atoms with Crippen molar-refractivity contribution in [3.05, 3.63) is 57.9 Å². The second-order valence-electron chi connectivity index (χ2n) is 9.24. The van der Waals surface area contributed by atoms with Gasteiger partial charge in [0.25, 0.3) is 0 Å². The summed E-state index contributed by atoms with van der Waals surface area (Å²) in [5.41, 5.74) is 4.59. The van der Waals surface area contributed by atoms with Crippen LogP contribution >= 0.6 is 11.3 Å². The van der Waals surface area contributed by atoms with Crippen molar-refractivity contribution in [1.29, 1.82) is 0 Å². The second-order valence-corrected chi connectivity index (χ2v) is 10.0. The number of aromatic nitrogens is 1. The van der Waals surface area contributed by atoms with Crippen LogP contribution in [0.25, 0.3) is 11.6 Å². The van der Waals surface area contributed by atoms with Gasteiger partial charge in [-0.05, 0) is 63.9 Å². The lowest BCUT2D eigenvalue weighted by Gasteiger charge is -2.32. The normalized spacial score (nSPS) is 27.0. The molecule has 2 aromatic rings. The highest BCUT2D eigenvalue weighted by Crippen LogP contribution is 2.41. The van der Waals surface area contributed by atoms with E-state index in [-0.39, 0.29) is 17.9 Å². The fraction of sp³-hybridized carbons (Fsp3) is 0.400. The highest BCUT2D eigenvalue weighted by Gasteiger charge is 2.38. The van der Waals surface area contributed by atoms with Gasteiger partial charge in [-0.2, -0.15) is 11.3 Å². The molecule has 3 atom stereocenters. The molecule has 5 heterocycles. The van der Waals surface area contributed by atoms with Gasteiger partial charge in [0.2, 0.25) is 11.8 Å². The van der Waals surface area contributed by atoms with Gasteiger partial charge >= 0.3 is 0 Å². The largest absolute Gasteiger partial charge is 0.378 e. The summed E-state index contributed by atoms with van der Waals surface area (Å²) in [6.45, 7) is 3.99. The maximum Gasteiger partial charge on any atom is 0.246 e. The SMILES string of the molecule is O=C1Nc2ncc(C=CC(=O)N3CC4C=C(c5ccsc5)CC4C3)cc2CN2CCOCC12. The molecule has 2 fully saturated rings. The summed E-state index contributed by atoms with van der Waals surface area (Å²) in [4.78, 5) is 33.9. The number of amides is 2. The molecule has 4 aliphatic rings. The maximum absolute atomic E-state index is 12.9. The smallest absolute Gasteiger partial charge is 0.246 e. The number of nitrogens with one attached hydrogen (secondary N) is 1. The molecule has 0 spiro atoms. The minimum absolute atomic E-state index is 0.0476. The number of thiophene rings is 1. The molecule has 6 rings (SSSR count). The average molecular weight is 463 g/mol. The topological polar surface area (TPSA) is 74.8 Å². The molecule has 0 saturated carbocycles. The van der Waals surface area contributed by atoms with Crippen LogP contribution in [0, 0.1) is 11.8 Å². The van der Waals surface area contributed by atoms with Gasteiger partial charge in [0.15, 0.2) is 0 Å². The van der Waals surface area contributed by atoms with Crippen molar-refractivity contribution in [3.63, 3.8) is 0 Å². The molecule has 170 valence electrons. The number of allylic oxidation sites excluding steroid dienone is 1. The molecule has 8 heteroatoms. The number of anilines is 1. The van der Waals surface area contributed by atoms with Crippen LogP contribution in [0.2, 0.25) is 0 Å². The van der Waals surface area contributed by atoms with Crippen LogP contribution in [-0.2, 0) is 20.9 Å². The summed E-state index contributed by atoms with van der Waals surface area (Å²) in [7, 11) is 0. The number of nitrogens with zero attached hydrogens (tertiary/aromatic N) is 3. The second kappa shape index (κ2) is 8.52. The van der Waals surface area contributed by atoms with Crippen LogP contribution in [-0.4, -0.2) is 65.5 Å².